The van der Waals surface area contributed by atoms with E-state index in [2.05, 4.69) is 36.9 Å². The van der Waals surface area contributed by atoms with Crippen LogP contribution < -0.4 is 25.4 Å². The largest absolute Gasteiger partial charge is 0.497 e. The molecule has 0 aliphatic heterocycles. The summed E-state index contributed by atoms with van der Waals surface area (Å²) in [6.45, 7) is 2.13. The SMILES string of the molecule is CN=C(NCCNC(=O)c1ccc(Br)cc1)NCCOc1ccc(OC)cc1. The predicted octanol–water partition coefficient (Wildman–Crippen LogP) is 2.43. The maximum atomic E-state index is 12.0. The lowest BCUT2D eigenvalue weighted by atomic mass is 10.2. The minimum atomic E-state index is -0.106. The Kier molecular flexibility index (Phi) is 9.14. The Bertz CT molecular complexity index is 764. The number of nitrogens with zero attached hydrogens (tertiary/aromatic N) is 1. The average molecular weight is 449 g/mol. The number of ether oxygens (including phenoxy) is 2. The number of carbonyl (C=O) groups is 1. The molecule has 0 radical (unpaired) electrons. The number of amides is 1. The molecule has 0 spiro atoms. The number of rotatable bonds is 9. The summed E-state index contributed by atoms with van der Waals surface area (Å²) in [6.07, 6.45) is 0. The maximum absolute atomic E-state index is 12.0. The maximum Gasteiger partial charge on any atom is 0.251 e. The lowest BCUT2D eigenvalue weighted by Gasteiger charge is -2.13. The smallest absolute Gasteiger partial charge is 0.251 e. The van der Waals surface area contributed by atoms with Gasteiger partial charge in [-0.15, -0.1) is 0 Å². The fourth-order valence-corrected chi connectivity index (χ4v) is 2.56. The minimum absolute atomic E-state index is 0.106. The third-order valence-electron chi connectivity index (χ3n) is 3.76. The van der Waals surface area contributed by atoms with Crippen molar-refractivity contribution in [3.05, 3.63) is 58.6 Å². The Labute approximate surface area is 173 Å². The first-order valence-electron chi connectivity index (χ1n) is 8.87. The summed E-state index contributed by atoms with van der Waals surface area (Å²) < 4.78 is 11.7. The van der Waals surface area contributed by atoms with Crippen LogP contribution in [0, 0.1) is 0 Å². The van der Waals surface area contributed by atoms with Crippen molar-refractivity contribution in [1.82, 2.24) is 16.0 Å². The Hall–Kier alpha value is -2.74. The molecule has 0 aliphatic carbocycles. The molecule has 2 rings (SSSR count). The average Bonchev–Trinajstić information content (AvgIpc) is 2.73. The van der Waals surface area contributed by atoms with Crippen LogP contribution in [-0.4, -0.2) is 52.3 Å². The molecule has 0 saturated carbocycles. The number of benzene rings is 2. The third kappa shape index (κ3) is 7.48. The van der Waals surface area contributed by atoms with E-state index in [1.165, 1.54) is 0 Å². The number of aliphatic imine (C=N–C) groups is 1. The van der Waals surface area contributed by atoms with Crippen molar-refractivity contribution >= 4 is 27.8 Å². The second kappa shape index (κ2) is 11.9. The van der Waals surface area contributed by atoms with Crippen LogP contribution in [0.25, 0.3) is 0 Å². The number of guanidine groups is 1. The van der Waals surface area contributed by atoms with Crippen LogP contribution in [0.5, 0.6) is 11.5 Å². The van der Waals surface area contributed by atoms with E-state index in [1.54, 1.807) is 26.3 Å². The first kappa shape index (κ1) is 21.6. The van der Waals surface area contributed by atoms with Crippen molar-refractivity contribution in [3.63, 3.8) is 0 Å². The molecule has 2 aromatic rings. The van der Waals surface area contributed by atoms with Crippen LogP contribution in [0.1, 0.15) is 10.4 Å². The van der Waals surface area contributed by atoms with Gasteiger partial charge in [0.15, 0.2) is 5.96 Å². The highest BCUT2D eigenvalue weighted by Crippen LogP contribution is 2.16. The summed E-state index contributed by atoms with van der Waals surface area (Å²) in [5.41, 5.74) is 0.626. The highest BCUT2D eigenvalue weighted by molar-refractivity contribution is 9.10. The third-order valence-corrected chi connectivity index (χ3v) is 4.28. The Balaban J connectivity index is 1.60. The zero-order valence-electron chi connectivity index (χ0n) is 16.0. The first-order valence-corrected chi connectivity index (χ1v) is 9.67. The van der Waals surface area contributed by atoms with Gasteiger partial charge in [-0.3, -0.25) is 9.79 Å². The van der Waals surface area contributed by atoms with Crippen molar-refractivity contribution < 1.29 is 14.3 Å². The predicted molar refractivity (Wildman–Crippen MR) is 114 cm³/mol. The molecule has 0 bridgehead atoms. The van der Waals surface area contributed by atoms with E-state index in [0.29, 0.717) is 37.8 Å². The van der Waals surface area contributed by atoms with E-state index in [1.807, 2.05) is 36.4 Å². The normalized spacial score (nSPS) is 10.9. The molecule has 0 aliphatic rings. The molecule has 0 aromatic heterocycles. The van der Waals surface area contributed by atoms with Gasteiger partial charge in [-0.25, -0.2) is 0 Å². The zero-order valence-corrected chi connectivity index (χ0v) is 17.6. The minimum Gasteiger partial charge on any atom is -0.497 e. The lowest BCUT2D eigenvalue weighted by Crippen LogP contribution is -2.42. The summed E-state index contributed by atoms with van der Waals surface area (Å²) in [5.74, 6) is 2.12. The Morgan fingerprint density at radius 3 is 2.18 bits per heavy atom. The highest BCUT2D eigenvalue weighted by Gasteiger charge is 2.04. The molecule has 28 heavy (non-hydrogen) atoms. The Morgan fingerprint density at radius 1 is 0.929 bits per heavy atom. The van der Waals surface area contributed by atoms with Crippen molar-refractivity contribution in [2.45, 2.75) is 0 Å². The van der Waals surface area contributed by atoms with Crippen LogP contribution >= 0.6 is 15.9 Å². The molecule has 0 saturated heterocycles. The van der Waals surface area contributed by atoms with Gasteiger partial charge in [0.05, 0.1) is 13.7 Å². The number of halogens is 1. The van der Waals surface area contributed by atoms with Crippen LogP contribution in [-0.2, 0) is 0 Å². The second-order valence-electron chi connectivity index (χ2n) is 5.71. The molecule has 0 heterocycles. The van der Waals surface area contributed by atoms with Gasteiger partial charge in [0.2, 0.25) is 0 Å². The quantitative estimate of drug-likeness (QED) is 0.311. The molecule has 3 N–H and O–H groups in total. The molecular formula is C20H25BrN4O3. The highest BCUT2D eigenvalue weighted by atomic mass is 79.9. The standard InChI is InChI=1S/C20H25BrN4O3/c1-22-20(25-13-14-28-18-9-7-17(27-2)8-10-18)24-12-11-23-19(26)15-3-5-16(21)6-4-15/h3-10H,11-14H2,1-2H3,(H,23,26)(H2,22,24,25). The van der Waals surface area contributed by atoms with Crippen LogP contribution in [0.2, 0.25) is 0 Å². The number of hydrogen-bond donors (Lipinski definition) is 3. The topological polar surface area (TPSA) is 84.0 Å². The molecule has 1 amide bonds. The van der Waals surface area contributed by atoms with E-state index >= 15 is 0 Å². The van der Waals surface area contributed by atoms with Gasteiger partial charge in [-0.05, 0) is 48.5 Å². The van der Waals surface area contributed by atoms with Gasteiger partial charge < -0.3 is 25.4 Å². The first-order chi connectivity index (χ1) is 13.6. The number of carbonyl (C=O) groups excluding carboxylic acids is 1. The number of nitrogens with one attached hydrogen (secondary N) is 3. The van der Waals surface area contributed by atoms with Gasteiger partial charge >= 0.3 is 0 Å². The molecule has 0 unspecified atom stereocenters. The van der Waals surface area contributed by atoms with Crippen LogP contribution in [0.3, 0.4) is 0 Å². The van der Waals surface area contributed by atoms with Crippen molar-refractivity contribution in [2.24, 2.45) is 4.99 Å². The monoisotopic (exact) mass is 448 g/mol. The molecular weight excluding hydrogens is 424 g/mol. The van der Waals surface area contributed by atoms with Crippen molar-refractivity contribution in [2.75, 3.05) is 40.4 Å². The fourth-order valence-electron chi connectivity index (χ4n) is 2.29. The summed E-state index contributed by atoms with van der Waals surface area (Å²) in [5, 5.41) is 9.16. The molecule has 8 heteroatoms. The number of methoxy groups -OCH3 is 1. The molecule has 0 atom stereocenters. The van der Waals surface area contributed by atoms with Crippen LogP contribution in [0.4, 0.5) is 0 Å². The lowest BCUT2D eigenvalue weighted by molar-refractivity contribution is 0.0954. The Morgan fingerprint density at radius 2 is 1.54 bits per heavy atom. The zero-order chi connectivity index (χ0) is 20.2. The van der Waals surface area contributed by atoms with E-state index < -0.39 is 0 Å². The van der Waals surface area contributed by atoms with Crippen molar-refractivity contribution in [3.8, 4) is 11.5 Å². The van der Waals surface area contributed by atoms with Gasteiger partial charge in [0.1, 0.15) is 18.1 Å². The summed E-state index contributed by atoms with van der Waals surface area (Å²) >= 11 is 3.35. The molecule has 150 valence electrons. The van der Waals surface area contributed by atoms with Crippen LogP contribution in [0.15, 0.2) is 58.0 Å². The van der Waals surface area contributed by atoms with Gasteiger partial charge in [0, 0.05) is 30.2 Å². The summed E-state index contributed by atoms with van der Waals surface area (Å²) in [7, 11) is 3.32. The van der Waals surface area contributed by atoms with E-state index in [9.17, 15) is 4.79 Å². The molecule has 0 fully saturated rings. The second-order valence-corrected chi connectivity index (χ2v) is 6.63. The summed E-state index contributed by atoms with van der Waals surface area (Å²) in [4.78, 5) is 16.2. The van der Waals surface area contributed by atoms with E-state index in [-0.39, 0.29) is 5.91 Å². The van der Waals surface area contributed by atoms with Gasteiger partial charge in [-0.1, -0.05) is 15.9 Å². The van der Waals surface area contributed by atoms with E-state index in [0.717, 1.165) is 16.0 Å². The molecule has 2 aromatic carbocycles. The van der Waals surface area contributed by atoms with E-state index in [4.69, 9.17) is 9.47 Å². The molecule has 7 nitrogen and oxygen atoms in total. The van der Waals surface area contributed by atoms with Gasteiger partial charge in [0.25, 0.3) is 5.91 Å². The number of hydrogen-bond acceptors (Lipinski definition) is 4. The van der Waals surface area contributed by atoms with Crippen molar-refractivity contribution in [1.29, 1.82) is 0 Å². The van der Waals surface area contributed by atoms with Gasteiger partial charge in [-0.2, -0.15) is 0 Å². The fraction of sp³-hybridized carbons (Fsp3) is 0.300. The summed E-state index contributed by atoms with van der Waals surface area (Å²) in [6, 6.07) is 14.7.